The Labute approximate surface area is 89.0 Å². The zero-order chi connectivity index (χ0) is 9.68. The number of esters is 1. The van der Waals surface area contributed by atoms with E-state index in [9.17, 15) is 9.59 Å². The smallest absolute Gasteiger partial charge is 0.325 e. The third-order valence-corrected chi connectivity index (χ3v) is 2.01. The summed E-state index contributed by atoms with van der Waals surface area (Å²) in [6.07, 6.45) is 1.85. The molecule has 1 aliphatic rings. The average molecular weight is 223 g/mol. The maximum Gasteiger partial charge on any atom is 0.325 e. The summed E-state index contributed by atoms with van der Waals surface area (Å²) in [5.41, 5.74) is 0. The second kappa shape index (κ2) is 6.62. The maximum absolute atomic E-state index is 11.3. The van der Waals surface area contributed by atoms with Crippen LogP contribution in [0.1, 0.15) is 12.8 Å². The van der Waals surface area contributed by atoms with Crippen molar-refractivity contribution in [1.29, 1.82) is 0 Å². The maximum atomic E-state index is 11.3. The molecule has 0 radical (unpaired) electrons. The van der Waals surface area contributed by atoms with Gasteiger partial charge < -0.3 is 15.4 Å². The summed E-state index contributed by atoms with van der Waals surface area (Å²) in [5, 5.41) is 5.53. The van der Waals surface area contributed by atoms with Crippen LogP contribution >= 0.6 is 12.4 Å². The van der Waals surface area contributed by atoms with Crippen molar-refractivity contribution in [1.82, 2.24) is 10.6 Å². The summed E-state index contributed by atoms with van der Waals surface area (Å²) in [6.45, 7) is 0.823. The number of carbonyl (C=O) groups excluding carboxylic acids is 2. The van der Waals surface area contributed by atoms with Gasteiger partial charge >= 0.3 is 5.97 Å². The zero-order valence-corrected chi connectivity index (χ0v) is 8.86. The van der Waals surface area contributed by atoms with Crippen molar-refractivity contribution in [2.24, 2.45) is 0 Å². The van der Waals surface area contributed by atoms with Crippen molar-refractivity contribution in [2.75, 3.05) is 20.2 Å². The van der Waals surface area contributed by atoms with Gasteiger partial charge in [0.2, 0.25) is 5.91 Å². The first-order valence-corrected chi connectivity index (χ1v) is 4.32. The molecule has 0 aromatic heterocycles. The van der Waals surface area contributed by atoms with Crippen LogP contribution in [0.5, 0.6) is 0 Å². The van der Waals surface area contributed by atoms with E-state index >= 15 is 0 Å². The Morgan fingerprint density at radius 3 is 2.79 bits per heavy atom. The summed E-state index contributed by atoms with van der Waals surface area (Å²) in [5.74, 6) is -0.547. The average Bonchev–Trinajstić information content (AvgIpc) is 2.66. The standard InChI is InChI=1S/C8H14N2O3.ClH/c1-13-7(11)5-10-8(12)6-3-2-4-9-6;/h6,9H,2-5H2,1H3,(H,10,12);1H/t6-;/m1./s1. The SMILES string of the molecule is COC(=O)CNC(=O)[C@H]1CCCN1.Cl. The van der Waals surface area contributed by atoms with Gasteiger partial charge in [-0.15, -0.1) is 12.4 Å². The van der Waals surface area contributed by atoms with E-state index in [-0.39, 0.29) is 30.9 Å². The highest BCUT2D eigenvalue weighted by Crippen LogP contribution is 2.03. The van der Waals surface area contributed by atoms with Crippen molar-refractivity contribution < 1.29 is 14.3 Å². The molecule has 1 amide bonds. The molecule has 1 rings (SSSR count). The summed E-state index contributed by atoms with van der Waals surface area (Å²) in [6, 6.07) is -0.135. The minimum absolute atomic E-state index is 0. The molecule has 0 spiro atoms. The second-order valence-electron chi connectivity index (χ2n) is 2.94. The van der Waals surface area contributed by atoms with Crippen LogP contribution in [0.15, 0.2) is 0 Å². The largest absolute Gasteiger partial charge is 0.468 e. The van der Waals surface area contributed by atoms with Gasteiger partial charge in [0.15, 0.2) is 0 Å². The first-order valence-electron chi connectivity index (χ1n) is 4.32. The first kappa shape index (κ1) is 13.2. The Kier molecular flexibility index (Phi) is 6.23. The van der Waals surface area contributed by atoms with Crippen molar-refractivity contribution in [3.8, 4) is 0 Å². The van der Waals surface area contributed by atoms with E-state index in [0.717, 1.165) is 19.4 Å². The van der Waals surface area contributed by atoms with E-state index in [1.54, 1.807) is 0 Å². The van der Waals surface area contributed by atoms with Gasteiger partial charge in [-0.3, -0.25) is 9.59 Å². The number of methoxy groups -OCH3 is 1. The van der Waals surface area contributed by atoms with E-state index < -0.39 is 5.97 Å². The van der Waals surface area contributed by atoms with Gasteiger partial charge in [-0.05, 0) is 19.4 Å². The van der Waals surface area contributed by atoms with Gasteiger partial charge in [0.05, 0.1) is 13.2 Å². The number of hydrogen-bond donors (Lipinski definition) is 2. The van der Waals surface area contributed by atoms with Crippen molar-refractivity contribution in [3.05, 3.63) is 0 Å². The van der Waals surface area contributed by atoms with Gasteiger partial charge in [0.25, 0.3) is 0 Å². The minimum atomic E-state index is -0.425. The van der Waals surface area contributed by atoms with Gasteiger partial charge in [0.1, 0.15) is 6.54 Å². The molecule has 0 unspecified atom stereocenters. The number of hydrogen-bond acceptors (Lipinski definition) is 4. The van der Waals surface area contributed by atoms with Crippen LogP contribution in [0.3, 0.4) is 0 Å². The lowest BCUT2D eigenvalue weighted by Gasteiger charge is -2.09. The van der Waals surface area contributed by atoms with E-state index in [0.29, 0.717) is 0 Å². The van der Waals surface area contributed by atoms with Crippen molar-refractivity contribution in [3.63, 3.8) is 0 Å². The zero-order valence-electron chi connectivity index (χ0n) is 8.04. The highest BCUT2D eigenvalue weighted by Gasteiger charge is 2.21. The first-order chi connectivity index (χ1) is 6.24. The summed E-state index contributed by atoms with van der Waals surface area (Å²) < 4.78 is 4.39. The second-order valence-corrected chi connectivity index (χ2v) is 2.94. The normalized spacial score (nSPS) is 19.6. The third-order valence-electron chi connectivity index (χ3n) is 2.01. The number of amides is 1. The van der Waals surface area contributed by atoms with Crippen LogP contribution in [0, 0.1) is 0 Å². The Morgan fingerprint density at radius 2 is 2.29 bits per heavy atom. The summed E-state index contributed by atoms with van der Waals surface area (Å²) in [4.78, 5) is 22.0. The predicted octanol–water partition coefficient (Wildman–Crippen LogP) is -0.551. The molecule has 0 aromatic rings. The van der Waals surface area contributed by atoms with Crippen LogP contribution in [0.4, 0.5) is 0 Å². The van der Waals surface area contributed by atoms with E-state index in [4.69, 9.17) is 0 Å². The van der Waals surface area contributed by atoms with Crippen molar-refractivity contribution >= 4 is 24.3 Å². The number of nitrogens with one attached hydrogen (secondary N) is 2. The monoisotopic (exact) mass is 222 g/mol. The summed E-state index contributed by atoms with van der Waals surface area (Å²) >= 11 is 0. The molecular formula is C8H15ClN2O3. The topological polar surface area (TPSA) is 67.4 Å². The molecule has 1 atom stereocenters. The van der Waals surface area contributed by atoms with Gasteiger partial charge in [-0.1, -0.05) is 0 Å². The van der Waals surface area contributed by atoms with Crippen LogP contribution in [0.2, 0.25) is 0 Å². The molecule has 1 fully saturated rings. The molecular weight excluding hydrogens is 208 g/mol. The van der Waals surface area contributed by atoms with Gasteiger partial charge in [-0.25, -0.2) is 0 Å². The van der Waals surface area contributed by atoms with Crippen LogP contribution < -0.4 is 10.6 Å². The van der Waals surface area contributed by atoms with Crippen molar-refractivity contribution in [2.45, 2.75) is 18.9 Å². The van der Waals surface area contributed by atoms with Crippen LogP contribution in [-0.2, 0) is 14.3 Å². The van der Waals surface area contributed by atoms with Gasteiger partial charge in [-0.2, -0.15) is 0 Å². The lowest BCUT2D eigenvalue weighted by Crippen LogP contribution is -2.42. The number of rotatable bonds is 3. The molecule has 0 saturated carbocycles. The van der Waals surface area contributed by atoms with E-state index in [2.05, 4.69) is 15.4 Å². The highest BCUT2D eigenvalue weighted by atomic mass is 35.5. The van der Waals surface area contributed by atoms with Gasteiger partial charge in [0, 0.05) is 0 Å². The van der Waals surface area contributed by atoms with E-state index in [1.807, 2.05) is 0 Å². The Hall–Kier alpha value is -0.810. The predicted molar refractivity (Wildman–Crippen MR) is 53.3 cm³/mol. The molecule has 0 aromatic carbocycles. The lowest BCUT2D eigenvalue weighted by atomic mass is 10.2. The molecule has 6 heteroatoms. The molecule has 1 aliphatic heterocycles. The molecule has 0 bridgehead atoms. The summed E-state index contributed by atoms with van der Waals surface area (Å²) in [7, 11) is 1.29. The Morgan fingerprint density at radius 1 is 1.57 bits per heavy atom. The molecule has 1 saturated heterocycles. The minimum Gasteiger partial charge on any atom is -0.468 e. The fourth-order valence-electron chi connectivity index (χ4n) is 1.26. The van der Waals surface area contributed by atoms with Crippen LogP contribution in [0.25, 0.3) is 0 Å². The quantitative estimate of drug-likeness (QED) is 0.629. The number of carbonyl (C=O) groups is 2. The Bertz CT molecular complexity index is 205. The molecule has 5 nitrogen and oxygen atoms in total. The number of halogens is 1. The fourth-order valence-corrected chi connectivity index (χ4v) is 1.26. The number of ether oxygens (including phenoxy) is 1. The highest BCUT2D eigenvalue weighted by molar-refractivity contribution is 5.86. The molecule has 0 aliphatic carbocycles. The molecule has 1 heterocycles. The third kappa shape index (κ3) is 3.93. The lowest BCUT2D eigenvalue weighted by molar-refractivity contribution is -0.141. The van der Waals surface area contributed by atoms with Crippen LogP contribution in [-0.4, -0.2) is 38.1 Å². The molecule has 82 valence electrons. The fraction of sp³-hybridized carbons (Fsp3) is 0.750. The molecule has 14 heavy (non-hydrogen) atoms. The van der Waals surface area contributed by atoms with E-state index in [1.165, 1.54) is 7.11 Å². The molecule has 2 N–H and O–H groups in total. The Balaban J connectivity index is 0.00000169.